The maximum Gasteiger partial charge on any atom is 0.0752 e. The zero-order valence-corrected chi connectivity index (χ0v) is 9.98. The van der Waals surface area contributed by atoms with Crippen molar-refractivity contribution in [1.82, 2.24) is 10.6 Å². The standard InChI is InChI=1S/C8H20N2O2S2/c11-7(5-13)3-9-1-2-10-4-8(12)6-14/h7-14H,1-6H2. The van der Waals surface area contributed by atoms with Gasteiger partial charge in [-0.25, -0.2) is 0 Å². The lowest BCUT2D eigenvalue weighted by atomic mass is 10.4. The van der Waals surface area contributed by atoms with Gasteiger partial charge in [0.2, 0.25) is 0 Å². The first-order chi connectivity index (χ1) is 6.70. The average Bonchev–Trinajstić information content (AvgIpc) is 2.22. The zero-order valence-electron chi connectivity index (χ0n) is 8.19. The molecule has 0 heterocycles. The molecule has 0 aromatic heterocycles. The van der Waals surface area contributed by atoms with Crippen LogP contribution in [0.2, 0.25) is 0 Å². The van der Waals surface area contributed by atoms with Crippen LogP contribution in [0.4, 0.5) is 0 Å². The predicted octanol–water partition coefficient (Wildman–Crippen LogP) is -1.25. The molecule has 0 fully saturated rings. The molecule has 0 aromatic rings. The van der Waals surface area contributed by atoms with Gasteiger partial charge in [-0.3, -0.25) is 0 Å². The molecule has 0 aliphatic carbocycles. The Morgan fingerprint density at radius 1 is 0.857 bits per heavy atom. The monoisotopic (exact) mass is 240 g/mol. The molecule has 0 radical (unpaired) electrons. The molecular weight excluding hydrogens is 220 g/mol. The van der Waals surface area contributed by atoms with Gasteiger partial charge in [-0.1, -0.05) is 0 Å². The first kappa shape index (κ1) is 14.5. The number of nitrogens with one attached hydrogen (secondary N) is 2. The van der Waals surface area contributed by atoms with Gasteiger partial charge in [-0.05, 0) is 0 Å². The van der Waals surface area contributed by atoms with E-state index in [4.69, 9.17) is 10.2 Å². The molecule has 0 aliphatic heterocycles. The Labute approximate surface area is 96.3 Å². The molecule has 0 aliphatic rings. The van der Waals surface area contributed by atoms with Crippen molar-refractivity contribution in [3.8, 4) is 0 Å². The van der Waals surface area contributed by atoms with Gasteiger partial charge in [0.25, 0.3) is 0 Å². The van der Waals surface area contributed by atoms with E-state index in [2.05, 4.69) is 35.9 Å². The third-order valence-corrected chi connectivity index (χ3v) is 2.50. The quantitative estimate of drug-likeness (QED) is 0.225. The average molecular weight is 240 g/mol. The van der Waals surface area contributed by atoms with Crippen molar-refractivity contribution in [3.63, 3.8) is 0 Å². The van der Waals surface area contributed by atoms with E-state index < -0.39 is 0 Å². The molecule has 0 saturated carbocycles. The van der Waals surface area contributed by atoms with E-state index in [1.54, 1.807) is 0 Å². The highest BCUT2D eigenvalue weighted by atomic mass is 32.1. The van der Waals surface area contributed by atoms with Crippen molar-refractivity contribution in [2.45, 2.75) is 12.2 Å². The van der Waals surface area contributed by atoms with Crippen LogP contribution in [0.25, 0.3) is 0 Å². The highest BCUT2D eigenvalue weighted by molar-refractivity contribution is 7.80. The molecule has 86 valence electrons. The SMILES string of the molecule is OC(CS)CNCCNCC(O)CS. The molecule has 0 aromatic carbocycles. The molecule has 4 nitrogen and oxygen atoms in total. The smallest absolute Gasteiger partial charge is 0.0752 e. The van der Waals surface area contributed by atoms with Gasteiger partial charge in [0.05, 0.1) is 12.2 Å². The molecular formula is C8H20N2O2S2. The van der Waals surface area contributed by atoms with Crippen molar-refractivity contribution in [2.75, 3.05) is 37.7 Å². The van der Waals surface area contributed by atoms with Crippen molar-refractivity contribution >= 4 is 25.3 Å². The predicted molar refractivity (Wildman–Crippen MR) is 65.5 cm³/mol. The van der Waals surface area contributed by atoms with Crippen LogP contribution in [0.15, 0.2) is 0 Å². The van der Waals surface area contributed by atoms with Gasteiger partial charge in [0.15, 0.2) is 0 Å². The third-order valence-electron chi connectivity index (χ3n) is 1.66. The van der Waals surface area contributed by atoms with Crippen LogP contribution in [0, 0.1) is 0 Å². The summed E-state index contributed by atoms with van der Waals surface area (Å²) in [7, 11) is 0. The van der Waals surface area contributed by atoms with Crippen LogP contribution in [0.1, 0.15) is 0 Å². The van der Waals surface area contributed by atoms with E-state index in [9.17, 15) is 0 Å². The number of thiol groups is 2. The summed E-state index contributed by atoms with van der Waals surface area (Å²) in [6.07, 6.45) is -0.775. The highest BCUT2D eigenvalue weighted by Gasteiger charge is 2.00. The normalized spacial score (nSPS) is 15.4. The lowest BCUT2D eigenvalue weighted by molar-refractivity contribution is 0.191. The van der Waals surface area contributed by atoms with Crippen LogP contribution in [-0.2, 0) is 0 Å². The number of aliphatic hydroxyl groups is 2. The second kappa shape index (κ2) is 10.1. The van der Waals surface area contributed by atoms with Crippen LogP contribution < -0.4 is 10.6 Å². The van der Waals surface area contributed by atoms with Gasteiger partial charge in [-0.15, -0.1) is 0 Å². The van der Waals surface area contributed by atoms with E-state index in [0.717, 1.165) is 13.1 Å². The maximum atomic E-state index is 9.13. The summed E-state index contributed by atoms with van der Waals surface area (Å²) < 4.78 is 0. The Bertz CT molecular complexity index is 116. The summed E-state index contributed by atoms with van der Waals surface area (Å²) in [5, 5.41) is 24.4. The molecule has 0 amide bonds. The Balaban J connectivity index is 3.06. The lowest BCUT2D eigenvalue weighted by Crippen LogP contribution is -2.36. The van der Waals surface area contributed by atoms with Gasteiger partial charge in [0.1, 0.15) is 0 Å². The van der Waals surface area contributed by atoms with E-state index in [-0.39, 0.29) is 12.2 Å². The van der Waals surface area contributed by atoms with Crippen LogP contribution >= 0.6 is 25.3 Å². The summed E-state index contributed by atoms with van der Waals surface area (Å²) >= 11 is 7.90. The molecule has 0 rings (SSSR count). The fourth-order valence-electron chi connectivity index (χ4n) is 0.843. The van der Waals surface area contributed by atoms with E-state index in [1.807, 2.05) is 0 Å². The molecule has 2 atom stereocenters. The topological polar surface area (TPSA) is 64.5 Å². The van der Waals surface area contributed by atoms with E-state index in [0.29, 0.717) is 24.6 Å². The Morgan fingerprint density at radius 3 is 1.50 bits per heavy atom. The second-order valence-electron chi connectivity index (χ2n) is 3.08. The summed E-state index contributed by atoms with van der Waals surface area (Å²) in [4.78, 5) is 0. The zero-order chi connectivity index (χ0) is 10.8. The summed E-state index contributed by atoms with van der Waals surface area (Å²) in [6.45, 7) is 2.65. The highest BCUT2D eigenvalue weighted by Crippen LogP contribution is 1.84. The summed E-state index contributed by atoms with van der Waals surface area (Å²) in [6, 6.07) is 0. The number of hydrogen-bond donors (Lipinski definition) is 6. The molecule has 0 saturated heterocycles. The molecule has 4 N–H and O–H groups in total. The van der Waals surface area contributed by atoms with Crippen molar-refractivity contribution in [1.29, 1.82) is 0 Å². The number of rotatable bonds is 9. The number of hydrogen-bond acceptors (Lipinski definition) is 6. The first-order valence-electron chi connectivity index (χ1n) is 4.70. The van der Waals surface area contributed by atoms with Crippen molar-refractivity contribution in [2.24, 2.45) is 0 Å². The van der Waals surface area contributed by atoms with Gasteiger partial charge in [-0.2, -0.15) is 25.3 Å². The minimum atomic E-state index is -0.388. The van der Waals surface area contributed by atoms with Crippen LogP contribution in [-0.4, -0.2) is 60.1 Å². The molecule has 6 heteroatoms. The first-order valence-corrected chi connectivity index (χ1v) is 5.96. The van der Waals surface area contributed by atoms with Crippen molar-refractivity contribution < 1.29 is 10.2 Å². The van der Waals surface area contributed by atoms with Gasteiger partial charge in [0, 0.05) is 37.7 Å². The number of aliphatic hydroxyl groups excluding tert-OH is 2. The fourth-order valence-corrected chi connectivity index (χ4v) is 1.10. The minimum absolute atomic E-state index is 0.388. The van der Waals surface area contributed by atoms with Crippen LogP contribution in [0.5, 0.6) is 0 Å². The van der Waals surface area contributed by atoms with E-state index in [1.165, 1.54) is 0 Å². The third kappa shape index (κ3) is 9.11. The molecule has 0 spiro atoms. The largest absolute Gasteiger partial charge is 0.391 e. The molecule has 2 unspecified atom stereocenters. The lowest BCUT2D eigenvalue weighted by Gasteiger charge is -2.11. The Hall–Kier alpha value is 0.540. The summed E-state index contributed by atoms with van der Waals surface area (Å²) in [5.74, 6) is 0.942. The van der Waals surface area contributed by atoms with Gasteiger partial charge >= 0.3 is 0 Å². The Morgan fingerprint density at radius 2 is 1.21 bits per heavy atom. The molecule has 14 heavy (non-hydrogen) atoms. The van der Waals surface area contributed by atoms with Crippen LogP contribution in [0.3, 0.4) is 0 Å². The fraction of sp³-hybridized carbons (Fsp3) is 1.00. The maximum absolute atomic E-state index is 9.13. The summed E-state index contributed by atoms with van der Waals surface area (Å²) in [5.41, 5.74) is 0. The second-order valence-corrected chi connectivity index (χ2v) is 3.81. The van der Waals surface area contributed by atoms with Crippen molar-refractivity contribution in [3.05, 3.63) is 0 Å². The van der Waals surface area contributed by atoms with E-state index >= 15 is 0 Å². The molecule has 0 bridgehead atoms. The minimum Gasteiger partial charge on any atom is -0.391 e. The Kier molecular flexibility index (Phi) is 10.5. The van der Waals surface area contributed by atoms with Gasteiger partial charge < -0.3 is 20.8 Å².